The van der Waals surface area contributed by atoms with Gasteiger partial charge in [0, 0.05) is 5.92 Å². The van der Waals surface area contributed by atoms with Gasteiger partial charge in [-0.15, -0.1) is 0 Å². The molecular formula is C25H30N2O3. The van der Waals surface area contributed by atoms with Crippen LogP contribution >= 0.6 is 0 Å². The number of unbranched alkanes of at least 4 members (excludes halogenated alkanes) is 3. The van der Waals surface area contributed by atoms with Crippen molar-refractivity contribution in [2.45, 2.75) is 57.6 Å². The van der Waals surface area contributed by atoms with Crippen LogP contribution in [0, 0.1) is 0 Å². The first-order valence-electron chi connectivity index (χ1n) is 10.7. The molecule has 158 valence electrons. The first-order valence-corrected chi connectivity index (χ1v) is 10.7. The van der Waals surface area contributed by atoms with Crippen molar-refractivity contribution in [2.24, 2.45) is 0 Å². The lowest BCUT2D eigenvalue weighted by atomic mass is 9.82. The number of aromatic nitrogens is 2. The normalized spacial score (nSPS) is 12.2. The first kappa shape index (κ1) is 21.8. The molecule has 1 unspecified atom stereocenters. The summed E-state index contributed by atoms with van der Waals surface area (Å²) >= 11 is 0. The largest absolute Gasteiger partial charge is 0.503 e. The Morgan fingerprint density at radius 3 is 2.07 bits per heavy atom. The van der Waals surface area contributed by atoms with E-state index in [-0.39, 0.29) is 17.7 Å². The third-order valence-corrected chi connectivity index (χ3v) is 5.60. The average Bonchev–Trinajstić information content (AvgIpc) is 2.79. The van der Waals surface area contributed by atoms with Crippen LogP contribution < -0.4 is 5.43 Å². The number of hydrogen-bond donors (Lipinski definition) is 2. The number of benzene rings is 2. The Morgan fingerprint density at radius 2 is 1.53 bits per heavy atom. The van der Waals surface area contributed by atoms with Gasteiger partial charge in [-0.2, -0.15) is 5.10 Å². The zero-order valence-electron chi connectivity index (χ0n) is 17.4. The van der Waals surface area contributed by atoms with Crippen LogP contribution in [0.15, 0.2) is 71.7 Å². The second-order valence-corrected chi connectivity index (χ2v) is 7.62. The van der Waals surface area contributed by atoms with E-state index in [1.54, 1.807) is 4.68 Å². The van der Waals surface area contributed by atoms with Crippen LogP contribution in [0.2, 0.25) is 0 Å². The molecule has 30 heavy (non-hydrogen) atoms. The third kappa shape index (κ3) is 4.97. The standard InChI is InChI=1S/C25H30N2O3/c1-2-3-4-11-16-21(27-22(18-28)25(30)23(29)17-26-27)24(19-12-7-5-8-13-19)20-14-9-6-10-15-20/h5-10,12-15,17,21,24,28,30H,2-4,11,16,18H2,1H3. The fourth-order valence-electron chi connectivity index (χ4n) is 4.10. The lowest BCUT2D eigenvalue weighted by Crippen LogP contribution is -2.26. The highest BCUT2D eigenvalue weighted by Gasteiger charge is 2.29. The molecule has 0 aliphatic heterocycles. The van der Waals surface area contributed by atoms with Crippen molar-refractivity contribution in [2.75, 3.05) is 0 Å². The van der Waals surface area contributed by atoms with Crippen LogP contribution in [-0.4, -0.2) is 20.0 Å². The summed E-state index contributed by atoms with van der Waals surface area (Å²) in [5.74, 6) is -0.459. The van der Waals surface area contributed by atoms with Gasteiger partial charge in [-0.25, -0.2) is 0 Å². The van der Waals surface area contributed by atoms with Crippen LogP contribution in [0.1, 0.15) is 67.8 Å². The van der Waals surface area contributed by atoms with Gasteiger partial charge in [0.15, 0.2) is 5.75 Å². The molecule has 2 aromatic carbocycles. The van der Waals surface area contributed by atoms with E-state index >= 15 is 0 Å². The Morgan fingerprint density at radius 1 is 0.933 bits per heavy atom. The van der Waals surface area contributed by atoms with Gasteiger partial charge in [-0.3, -0.25) is 9.48 Å². The van der Waals surface area contributed by atoms with Gasteiger partial charge in [-0.05, 0) is 17.5 Å². The third-order valence-electron chi connectivity index (χ3n) is 5.60. The Labute approximate surface area is 177 Å². The highest BCUT2D eigenvalue weighted by Crippen LogP contribution is 2.39. The summed E-state index contributed by atoms with van der Waals surface area (Å²) in [5.41, 5.74) is 1.86. The minimum Gasteiger partial charge on any atom is -0.503 e. The van der Waals surface area contributed by atoms with Crippen molar-refractivity contribution in [3.63, 3.8) is 0 Å². The van der Waals surface area contributed by atoms with Crippen molar-refractivity contribution < 1.29 is 10.2 Å². The molecule has 0 saturated carbocycles. The molecule has 1 aromatic heterocycles. The SMILES string of the molecule is CCCCCCC(C(c1ccccc1)c1ccccc1)n1ncc(=O)c(O)c1CO. The zero-order valence-corrected chi connectivity index (χ0v) is 17.4. The fraction of sp³-hybridized carbons (Fsp3) is 0.360. The molecule has 0 spiro atoms. The first-order chi connectivity index (χ1) is 14.7. The molecule has 1 heterocycles. The summed E-state index contributed by atoms with van der Waals surface area (Å²) in [7, 11) is 0. The van der Waals surface area contributed by atoms with Crippen molar-refractivity contribution in [1.82, 2.24) is 9.78 Å². The lowest BCUT2D eigenvalue weighted by Gasteiger charge is -2.31. The minimum absolute atomic E-state index is 0.0336. The number of hydrogen-bond acceptors (Lipinski definition) is 4. The van der Waals surface area contributed by atoms with Crippen LogP contribution in [0.4, 0.5) is 0 Å². The molecule has 0 fully saturated rings. The van der Waals surface area contributed by atoms with Gasteiger partial charge in [0.1, 0.15) is 5.69 Å². The van der Waals surface area contributed by atoms with Crippen LogP contribution in [0.25, 0.3) is 0 Å². The van der Waals surface area contributed by atoms with E-state index in [1.807, 2.05) is 36.4 Å². The number of aliphatic hydroxyl groups excluding tert-OH is 1. The summed E-state index contributed by atoms with van der Waals surface area (Å²) < 4.78 is 1.66. The molecule has 0 bridgehead atoms. The maximum atomic E-state index is 11.9. The topological polar surface area (TPSA) is 75.4 Å². The Bertz CT molecular complexity index is 931. The smallest absolute Gasteiger partial charge is 0.242 e. The van der Waals surface area contributed by atoms with Gasteiger partial charge in [0.25, 0.3) is 0 Å². The summed E-state index contributed by atoms with van der Waals surface area (Å²) in [6.07, 6.45) is 6.35. The molecule has 3 aromatic rings. The van der Waals surface area contributed by atoms with Crippen LogP contribution in [0.5, 0.6) is 5.75 Å². The summed E-state index contributed by atoms with van der Waals surface area (Å²) in [6, 6.07) is 20.3. The average molecular weight is 407 g/mol. The zero-order chi connectivity index (χ0) is 21.3. The Balaban J connectivity index is 2.13. The van der Waals surface area contributed by atoms with E-state index in [1.165, 1.54) is 0 Å². The second kappa shape index (κ2) is 10.7. The molecular weight excluding hydrogens is 376 g/mol. The van der Waals surface area contributed by atoms with Crippen LogP contribution in [0.3, 0.4) is 0 Å². The predicted molar refractivity (Wildman–Crippen MR) is 119 cm³/mol. The maximum Gasteiger partial charge on any atom is 0.242 e. The summed E-state index contributed by atoms with van der Waals surface area (Å²) in [4.78, 5) is 11.9. The van der Waals surface area contributed by atoms with Gasteiger partial charge < -0.3 is 10.2 Å². The number of nitrogens with zero attached hydrogens (tertiary/aromatic N) is 2. The van der Waals surface area contributed by atoms with E-state index in [4.69, 9.17) is 0 Å². The van der Waals surface area contributed by atoms with E-state index in [0.29, 0.717) is 0 Å². The molecule has 0 aliphatic carbocycles. The molecule has 2 N–H and O–H groups in total. The number of aromatic hydroxyl groups is 1. The second-order valence-electron chi connectivity index (χ2n) is 7.62. The molecule has 0 aliphatic rings. The van der Waals surface area contributed by atoms with E-state index in [0.717, 1.165) is 49.4 Å². The fourth-order valence-corrected chi connectivity index (χ4v) is 4.10. The number of rotatable bonds is 10. The molecule has 0 radical (unpaired) electrons. The van der Waals surface area contributed by atoms with Gasteiger partial charge in [0.05, 0.1) is 18.8 Å². The molecule has 0 saturated heterocycles. The van der Waals surface area contributed by atoms with E-state index in [2.05, 4.69) is 36.3 Å². The van der Waals surface area contributed by atoms with Gasteiger partial charge in [0.2, 0.25) is 5.43 Å². The molecule has 5 nitrogen and oxygen atoms in total. The van der Waals surface area contributed by atoms with Crippen molar-refractivity contribution >= 4 is 0 Å². The Hall–Kier alpha value is -2.92. The monoisotopic (exact) mass is 406 g/mol. The quantitative estimate of drug-likeness (QED) is 0.475. The molecule has 3 rings (SSSR count). The molecule has 5 heteroatoms. The van der Waals surface area contributed by atoms with Crippen LogP contribution in [-0.2, 0) is 6.61 Å². The maximum absolute atomic E-state index is 11.9. The van der Waals surface area contributed by atoms with Crippen molar-refractivity contribution in [1.29, 1.82) is 0 Å². The molecule has 1 atom stereocenters. The minimum atomic E-state index is -0.573. The van der Waals surface area contributed by atoms with Gasteiger partial charge in [-0.1, -0.05) is 93.3 Å². The summed E-state index contributed by atoms with van der Waals surface area (Å²) in [5, 5.41) is 24.6. The highest BCUT2D eigenvalue weighted by molar-refractivity contribution is 5.35. The van der Waals surface area contributed by atoms with Gasteiger partial charge >= 0.3 is 0 Å². The number of aliphatic hydroxyl groups is 1. The predicted octanol–water partition coefficient (Wildman–Crippen LogP) is 4.78. The van der Waals surface area contributed by atoms with E-state index in [9.17, 15) is 15.0 Å². The summed E-state index contributed by atoms with van der Waals surface area (Å²) in [6.45, 7) is 1.73. The highest BCUT2D eigenvalue weighted by atomic mass is 16.3. The van der Waals surface area contributed by atoms with Crippen molar-refractivity contribution in [3.8, 4) is 5.75 Å². The van der Waals surface area contributed by atoms with E-state index < -0.39 is 17.8 Å². The Kier molecular flexibility index (Phi) is 7.80. The lowest BCUT2D eigenvalue weighted by molar-refractivity contribution is 0.240. The molecule has 0 amide bonds. The van der Waals surface area contributed by atoms with Crippen molar-refractivity contribution in [3.05, 3.63) is 93.9 Å².